The van der Waals surface area contributed by atoms with E-state index in [1.54, 1.807) is 0 Å². The van der Waals surface area contributed by atoms with Crippen molar-refractivity contribution in [3.8, 4) is 0 Å². The molecule has 1 aromatic heterocycles. The van der Waals surface area contributed by atoms with Crippen LogP contribution in [0.5, 0.6) is 0 Å². The molecule has 1 N–H and O–H groups in total. The first-order valence-electron chi connectivity index (χ1n) is 5.32. The summed E-state index contributed by atoms with van der Waals surface area (Å²) in [5.41, 5.74) is 1.93. The van der Waals surface area contributed by atoms with E-state index in [0.29, 0.717) is 6.42 Å². The highest BCUT2D eigenvalue weighted by molar-refractivity contribution is 5.78. The topological polar surface area (TPSA) is 50.2 Å². The predicted molar refractivity (Wildman–Crippen MR) is 62.3 cm³/mol. The number of hydrogen-bond donors (Lipinski definition) is 1. The summed E-state index contributed by atoms with van der Waals surface area (Å²) in [6.45, 7) is 0. The average Bonchev–Trinajstić information content (AvgIpc) is 2.28. The third kappa shape index (κ3) is 2.57. The molecule has 2 rings (SSSR count). The lowest BCUT2D eigenvalue weighted by molar-refractivity contribution is -0.137. The van der Waals surface area contributed by atoms with Gasteiger partial charge in [0.2, 0.25) is 0 Å². The Morgan fingerprint density at radius 3 is 2.81 bits per heavy atom. The second kappa shape index (κ2) is 4.75. The van der Waals surface area contributed by atoms with Gasteiger partial charge in [-0.2, -0.15) is 0 Å². The van der Waals surface area contributed by atoms with Crippen LogP contribution in [0.3, 0.4) is 0 Å². The number of nitrogens with zero attached hydrogens (tertiary/aromatic N) is 1. The number of para-hydroxylation sites is 1. The van der Waals surface area contributed by atoms with Gasteiger partial charge in [-0.05, 0) is 25.0 Å². The zero-order valence-corrected chi connectivity index (χ0v) is 8.89. The minimum atomic E-state index is -0.749. The highest BCUT2D eigenvalue weighted by Gasteiger charge is 2.00. The van der Waals surface area contributed by atoms with E-state index in [1.807, 2.05) is 36.4 Å². The van der Waals surface area contributed by atoms with Crippen LogP contribution in [-0.2, 0) is 11.2 Å². The Morgan fingerprint density at radius 1 is 1.19 bits per heavy atom. The maximum absolute atomic E-state index is 10.4. The smallest absolute Gasteiger partial charge is 0.303 e. The summed E-state index contributed by atoms with van der Waals surface area (Å²) in [6.07, 6.45) is 1.56. The van der Waals surface area contributed by atoms with E-state index in [-0.39, 0.29) is 6.42 Å². The van der Waals surface area contributed by atoms with E-state index in [9.17, 15) is 4.79 Å². The highest BCUT2D eigenvalue weighted by Crippen LogP contribution is 2.13. The molecular formula is C13H13NO2. The Kier molecular flexibility index (Phi) is 3.15. The molecule has 82 valence electrons. The largest absolute Gasteiger partial charge is 0.481 e. The number of hydrogen-bond acceptors (Lipinski definition) is 2. The van der Waals surface area contributed by atoms with Gasteiger partial charge in [-0.3, -0.25) is 9.78 Å². The number of benzene rings is 1. The molecule has 0 amide bonds. The van der Waals surface area contributed by atoms with Crippen molar-refractivity contribution in [3.63, 3.8) is 0 Å². The van der Waals surface area contributed by atoms with Crippen LogP contribution in [0.25, 0.3) is 10.9 Å². The number of pyridine rings is 1. The summed E-state index contributed by atoms with van der Waals surface area (Å²) in [5.74, 6) is -0.749. The van der Waals surface area contributed by atoms with Crippen molar-refractivity contribution in [2.24, 2.45) is 0 Å². The molecule has 1 heterocycles. The van der Waals surface area contributed by atoms with Crippen molar-refractivity contribution in [2.75, 3.05) is 0 Å². The van der Waals surface area contributed by atoms with Crippen LogP contribution in [0, 0.1) is 0 Å². The van der Waals surface area contributed by atoms with Crippen LogP contribution in [0.4, 0.5) is 0 Å². The van der Waals surface area contributed by atoms with Crippen LogP contribution < -0.4 is 0 Å². The number of aryl methyl sites for hydroxylation is 1. The fraction of sp³-hybridized carbons (Fsp3) is 0.231. The molecule has 0 radical (unpaired) electrons. The third-order valence-corrected chi connectivity index (χ3v) is 2.48. The molecule has 2 aromatic rings. The van der Waals surface area contributed by atoms with E-state index in [2.05, 4.69) is 4.98 Å². The van der Waals surface area contributed by atoms with Crippen LogP contribution in [0.1, 0.15) is 18.5 Å². The van der Waals surface area contributed by atoms with Gasteiger partial charge >= 0.3 is 5.97 Å². The molecule has 1 aromatic carbocycles. The standard InChI is InChI=1S/C13H13NO2/c15-13(16)7-3-5-11-9-8-10-4-1-2-6-12(10)14-11/h1-2,4,6,8-9H,3,5,7H2,(H,15,16). The summed E-state index contributed by atoms with van der Waals surface area (Å²) < 4.78 is 0. The first-order chi connectivity index (χ1) is 7.75. The number of aliphatic carboxylic acids is 1. The van der Waals surface area contributed by atoms with Crippen LogP contribution >= 0.6 is 0 Å². The van der Waals surface area contributed by atoms with Crippen molar-refractivity contribution in [3.05, 3.63) is 42.1 Å². The maximum atomic E-state index is 10.4. The molecular weight excluding hydrogens is 202 g/mol. The second-order valence-electron chi connectivity index (χ2n) is 3.74. The van der Waals surface area contributed by atoms with E-state index >= 15 is 0 Å². The fourth-order valence-electron chi connectivity index (χ4n) is 1.67. The number of carboxylic acids is 1. The molecule has 0 bridgehead atoms. The van der Waals surface area contributed by atoms with Crippen molar-refractivity contribution in [1.82, 2.24) is 4.98 Å². The lowest BCUT2D eigenvalue weighted by atomic mass is 10.1. The van der Waals surface area contributed by atoms with Gasteiger partial charge in [0.15, 0.2) is 0 Å². The maximum Gasteiger partial charge on any atom is 0.303 e. The van der Waals surface area contributed by atoms with Gasteiger partial charge in [-0.1, -0.05) is 24.3 Å². The number of rotatable bonds is 4. The quantitative estimate of drug-likeness (QED) is 0.852. The van der Waals surface area contributed by atoms with Crippen LogP contribution in [-0.4, -0.2) is 16.1 Å². The summed E-state index contributed by atoms with van der Waals surface area (Å²) in [6, 6.07) is 11.9. The molecule has 0 saturated carbocycles. The molecule has 0 fully saturated rings. The Balaban J connectivity index is 2.10. The molecule has 16 heavy (non-hydrogen) atoms. The zero-order valence-electron chi connectivity index (χ0n) is 8.89. The lowest BCUT2D eigenvalue weighted by Gasteiger charge is -2.01. The van der Waals surface area contributed by atoms with Crippen molar-refractivity contribution >= 4 is 16.9 Å². The van der Waals surface area contributed by atoms with Gasteiger partial charge < -0.3 is 5.11 Å². The number of carbonyl (C=O) groups is 1. The SMILES string of the molecule is O=C(O)CCCc1ccc2ccccc2n1. The van der Waals surface area contributed by atoms with Gasteiger partial charge in [0, 0.05) is 17.5 Å². The van der Waals surface area contributed by atoms with Gasteiger partial charge in [0.25, 0.3) is 0 Å². The minimum absolute atomic E-state index is 0.203. The molecule has 0 aliphatic heterocycles. The highest BCUT2D eigenvalue weighted by atomic mass is 16.4. The molecule has 0 atom stereocenters. The summed E-state index contributed by atoms with van der Waals surface area (Å²) >= 11 is 0. The minimum Gasteiger partial charge on any atom is -0.481 e. The van der Waals surface area contributed by atoms with Crippen molar-refractivity contribution in [2.45, 2.75) is 19.3 Å². The average molecular weight is 215 g/mol. The summed E-state index contributed by atoms with van der Waals surface area (Å²) in [4.78, 5) is 14.9. The molecule has 0 aliphatic carbocycles. The first-order valence-corrected chi connectivity index (χ1v) is 5.32. The van der Waals surface area contributed by atoms with Crippen LogP contribution in [0.2, 0.25) is 0 Å². The number of fused-ring (bicyclic) bond motifs is 1. The Hall–Kier alpha value is -1.90. The van der Waals surface area contributed by atoms with Gasteiger partial charge in [-0.15, -0.1) is 0 Å². The van der Waals surface area contributed by atoms with Crippen molar-refractivity contribution < 1.29 is 9.90 Å². The van der Waals surface area contributed by atoms with Gasteiger partial charge in [-0.25, -0.2) is 0 Å². The Morgan fingerprint density at radius 2 is 2.00 bits per heavy atom. The molecule has 0 saturated heterocycles. The summed E-state index contributed by atoms with van der Waals surface area (Å²) in [7, 11) is 0. The van der Waals surface area contributed by atoms with Crippen LogP contribution in [0.15, 0.2) is 36.4 Å². The molecule has 3 nitrogen and oxygen atoms in total. The third-order valence-electron chi connectivity index (χ3n) is 2.48. The normalized spacial score (nSPS) is 10.5. The van der Waals surface area contributed by atoms with E-state index < -0.39 is 5.97 Å². The van der Waals surface area contributed by atoms with Gasteiger partial charge in [0.1, 0.15) is 0 Å². The molecule has 3 heteroatoms. The van der Waals surface area contributed by atoms with E-state index in [1.165, 1.54) is 0 Å². The van der Waals surface area contributed by atoms with E-state index in [0.717, 1.165) is 23.0 Å². The zero-order chi connectivity index (χ0) is 11.4. The van der Waals surface area contributed by atoms with Gasteiger partial charge in [0.05, 0.1) is 5.52 Å². The first kappa shape index (κ1) is 10.6. The van der Waals surface area contributed by atoms with E-state index in [4.69, 9.17) is 5.11 Å². The molecule has 0 unspecified atom stereocenters. The fourth-order valence-corrected chi connectivity index (χ4v) is 1.67. The Bertz CT molecular complexity index is 508. The monoisotopic (exact) mass is 215 g/mol. The predicted octanol–water partition coefficient (Wildman–Crippen LogP) is 2.64. The Labute approximate surface area is 93.7 Å². The molecule has 0 spiro atoms. The molecule has 0 aliphatic rings. The number of aromatic nitrogens is 1. The lowest BCUT2D eigenvalue weighted by Crippen LogP contribution is -1.97. The summed E-state index contributed by atoms with van der Waals surface area (Å²) in [5, 5.41) is 9.66. The number of carboxylic acid groups (broad SMARTS) is 1. The van der Waals surface area contributed by atoms with Crippen molar-refractivity contribution in [1.29, 1.82) is 0 Å². The second-order valence-corrected chi connectivity index (χ2v) is 3.74.